The molecule has 0 saturated heterocycles. The van der Waals surface area contributed by atoms with Crippen LogP contribution in [0.5, 0.6) is 0 Å². The van der Waals surface area contributed by atoms with Crippen LogP contribution in [0.1, 0.15) is 44.7 Å². The highest BCUT2D eigenvalue weighted by Crippen LogP contribution is 2.38. The van der Waals surface area contributed by atoms with Gasteiger partial charge in [-0.1, -0.05) is 30.9 Å². The van der Waals surface area contributed by atoms with Gasteiger partial charge in [0, 0.05) is 17.6 Å². The molecule has 1 aliphatic rings. The average molecular weight is 291 g/mol. The Kier molecular flexibility index (Phi) is 3.65. The predicted octanol–water partition coefficient (Wildman–Crippen LogP) is 4.07. The number of aliphatic hydroxyl groups is 1. The lowest BCUT2D eigenvalue weighted by molar-refractivity contribution is -0.0249. The first kappa shape index (κ1) is 13.8. The molecule has 3 nitrogen and oxygen atoms in total. The maximum Gasteiger partial charge on any atom is 0.131 e. The van der Waals surface area contributed by atoms with E-state index >= 15 is 0 Å². The summed E-state index contributed by atoms with van der Waals surface area (Å²) in [7, 11) is 0. The summed E-state index contributed by atoms with van der Waals surface area (Å²) in [6.07, 6.45) is 7.53. The van der Waals surface area contributed by atoms with E-state index in [1.807, 2.05) is 19.1 Å². The van der Waals surface area contributed by atoms with Gasteiger partial charge in [-0.15, -0.1) is 0 Å². The molecule has 1 unspecified atom stereocenters. The van der Waals surface area contributed by atoms with Crippen LogP contribution in [0.4, 0.5) is 0 Å². The molecular formula is C16H19ClN2O. The molecule has 0 amide bonds. The molecular weight excluding hydrogens is 272 g/mol. The Balaban J connectivity index is 1.99. The molecule has 2 aromatic rings. The first-order chi connectivity index (χ1) is 9.57. The summed E-state index contributed by atoms with van der Waals surface area (Å²) in [5.41, 5.74) is 0.655. The summed E-state index contributed by atoms with van der Waals surface area (Å²) in [5.74, 6) is 0.290. The highest BCUT2D eigenvalue weighted by molar-refractivity contribution is 6.29. The fourth-order valence-electron chi connectivity index (χ4n) is 3.15. The number of pyridine rings is 2. The molecule has 1 saturated carbocycles. The van der Waals surface area contributed by atoms with Crippen molar-refractivity contribution in [1.82, 2.24) is 9.97 Å². The fourth-order valence-corrected chi connectivity index (χ4v) is 3.30. The molecule has 0 bridgehead atoms. The van der Waals surface area contributed by atoms with Crippen LogP contribution in [0.2, 0.25) is 5.15 Å². The van der Waals surface area contributed by atoms with Crippen LogP contribution in [-0.2, 0) is 5.60 Å². The van der Waals surface area contributed by atoms with E-state index in [-0.39, 0.29) is 0 Å². The molecule has 0 aliphatic heterocycles. The van der Waals surface area contributed by atoms with E-state index in [4.69, 9.17) is 11.6 Å². The zero-order valence-corrected chi connectivity index (χ0v) is 12.4. The van der Waals surface area contributed by atoms with Crippen molar-refractivity contribution in [2.45, 2.75) is 44.6 Å². The predicted molar refractivity (Wildman–Crippen MR) is 80.7 cm³/mol. The van der Waals surface area contributed by atoms with Crippen molar-refractivity contribution in [3.8, 4) is 0 Å². The van der Waals surface area contributed by atoms with Gasteiger partial charge in [-0.05, 0) is 37.8 Å². The van der Waals surface area contributed by atoms with E-state index in [9.17, 15) is 5.11 Å². The molecule has 1 atom stereocenters. The summed E-state index contributed by atoms with van der Waals surface area (Å²) < 4.78 is 0. The first-order valence-corrected chi connectivity index (χ1v) is 7.60. The normalized spacial score (nSPS) is 19.9. The lowest BCUT2D eigenvalue weighted by Gasteiger charge is -2.35. The molecule has 106 valence electrons. The Bertz CT molecular complexity index is 621. The van der Waals surface area contributed by atoms with Crippen molar-refractivity contribution in [2.75, 3.05) is 0 Å². The lowest BCUT2D eigenvalue weighted by Crippen LogP contribution is -2.34. The molecule has 1 fully saturated rings. The SMILES string of the molecule is CC(O)(c1ccc2cnc(Cl)cc2n1)C1CCCCC1. The van der Waals surface area contributed by atoms with Crippen LogP contribution in [-0.4, -0.2) is 15.1 Å². The molecule has 0 spiro atoms. The van der Waals surface area contributed by atoms with Gasteiger partial charge in [-0.25, -0.2) is 9.97 Å². The van der Waals surface area contributed by atoms with Gasteiger partial charge in [0.05, 0.1) is 11.2 Å². The van der Waals surface area contributed by atoms with E-state index in [2.05, 4.69) is 9.97 Å². The van der Waals surface area contributed by atoms with Crippen molar-refractivity contribution < 1.29 is 5.11 Å². The Morgan fingerprint density at radius 2 is 2.00 bits per heavy atom. The average Bonchev–Trinajstić information content (AvgIpc) is 2.47. The maximum atomic E-state index is 10.9. The van der Waals surface area contributed by atoms with Crippen molar-refractivity contribution in [1.29, 1.82) is 0 Å². The number of nitrogens with zero attached hydrogens (tertiary/aromatic N) is 2. The number of halogens is 1. The fraction of sp³-hybridized carbons (Fsp3) is 0.500. The third-order valence-electron chi connectivity index (χ3n) is 4.46. The highest BCUT2D eigenvalue weighted by atomic mass is 35.5. The summed E-state index contributed by atoms with van der Waals surface area (Å²) in [6.45, 7) is 1.89. The van der Waals surface area contributed by atoms with E-state index < -0.39 is 5.60 Å². The number of fused-ring (bicyclic) bond motifs is 1. The third kappa shape index (κ3) is 2.52. The largest absolute Gasteiger partial charge is 0.384 e. The molecule has 2 heterocycles. The van der Waals surface area contributed by atoms with Gasteiger partial charge < -0.3 is 5.11 Å². The standard InChI is InChI=1S/C16H19ClN2O/c1-16(20,12-5-3-2-4-6-12)14-8-7-11-10-18-15(17)9-13(11)19-14/h7-10,12,20H,2-6H2,1H3. The van der Waals surface area contributed by atoms with Gasteiger partial charge in [0.2, 0.25) is 0 Å². The molecule has 20 heavy (non-hydrogen) atoms. The Morgan fingerprint density at radius 3 is 2.75 bits per heavy atom. The number of rotatable bonds is 2. The molecule has 1 N–H and O–H groups in total. The van der Waals surface area contributed by atoms with Crippen molar-refractivity contribution >= 4 is 22.5 Å². The minimum Gasteiger partial charge on any atom is -0.384 e. The summed E-state index contributed by atoms with van der Waals surface area (Å²) in [4.78, 5) is 8.66. The Hall–Kier alpha value is -1.19. The quantitative estimate of drug-likeness (QED) is 0.848. The van der Waals surface area contributed by atoms with Crippen LogP contribution >= 0.6 is 11.6 Å². The zero-order valence-electron chi connectivity index (χ0n) is 11.6. The zero-order chi connectivity index (χ0) is 14.2. The van der Waals surface area contributed by atoms with E-state index in [0.717, 1.165) is 29.4 Å². The van der Waals surface area contributed by atoms with Gasteiger partial charge >= 0.3 is 0 Å². The molecule has 2 aromatic heterocycles. The Labute approximate surface area is 124 Å². The first-order valence-electron chi connectivity index (χ1n) is 7.22. The van der Waals surface area contributed by atoms with E-state index in [0.29, 0.717) is 11.1 Å². The second kappa shape index (κ2) is 5.30. The minimum absolute atomic E-state index is 0.290. The van der Waals surface area contributed by atoms with Crippen LogP contribution < -0.4 is 0 Å². The molecule has 1 aliphatic carbocycles. The second-order valence-electron chi connectivity index (χ2n) is 5.88. The lowest BCUT2D eigenvalue weighted by atomic mass is 9.76. The van der Waals surface area contributed by atoms with E-state index in [1.165, 1.54) is 19.3 Å². The molecule has 0 aromatic carbocycles. The van der Waals surface area contributed by atoms with Gasteiger partial charge in [-0.3, -0.25) is 0 Å². The number of hydrogen-bond donors (Lipinski definition) is 1. The summed E-state index contributed by atoms with van der Waals surface area (Å²) >= 11 is 5.92. The Morgan fingerprint density at radius 1 is 1.25 bits per heavy atom. The smallest absolute Gasteiger partial charge is 0.131 e. The van der Waals surface area contributed by atoms with E-state index in [1.54, 1.807) is 12.3 Å². The van der Waals surface area contributed by atoms with Crippen LogP contribution in [0.15, 0.2) is 24.4 Å². The number of aromatic nitrogens is 2. The highest BCUT2D eigenvalue weighted by Gasteiger charge is 2.35. The summed E-state index contributed by atoms with van der Waals surface area (Å²) in [6, 6.07) is 5.61. The topological polar surface area (TPSA) is 46.0 Å². The van der Waals surface area contributed by atoms with Crippen molar-refractivity contribution in [3.05, 3.63) is 35.2 Å². The van der Waals surface area contributed by atoms with Gasteiger partial charge in [0.15, 0.2) is 0 Å². The minimum atomic E-state index is -0.871. The van der Waals surface area contributed by atoms with Gasteiger partial charge in [0.1, 0.15) is 10.8 Å². The molecule has 3 rings (SSSR count). The van der Waals surface area contributed by atoms with Crippen molar-refractivity contribution in [2.24, 2.45) is 5.92 Å². The molecule has 0 radical (unpaired) electrons. The summed E-state index contributed by atoms with van der Waals surface area (Å²) in [5, 5.41) is 12.3. The van der Waals surface area contributed by atoms with Crippen LogP contribution in [0.25, 0.3) is 10.9 Å². The third-order valence-corrected chi connectivity index (χ3v) is 4.67. The van der Waals surface area contributed by atoms with Crippen LogP contribution in [0.3, 0.4) is 0 Å². The van der Waals surface area contributed by atoms with Gasteiger partial charge in [0.25, 0.3) is 0 Å². The molecule has 4 heteroatoms. The monoisotopic (exact) mass is 290 g/mol. The van der Waals surface area contributed by atoms with Gasteiger partial charge in [-0.2, -0.15) is 0 Å². The van der Waals surface area contributed by atoms with Crippen LogP contribution in [0, 0.1) is 5.92 Å². The number of hydrogen-bond acceptors (Lipinski definition) is 3. The van der Waals surface area contributed by atoms with Crippen molar-refractivity contribution in [3.63, 3.8) is 0 Å². The second-order valence-corrected chi connectivity index (χ2v) is 6.27. The maximum absolute atomic E-state index is 10.9.